The first-order valence-electron chi connectivity index (χ1n) is 6.35. The molecule has 0 saturated heterocycles. The molecule has 0 aromatic carbocycles. The molecule has 116 valence electrons. The predicted octanol–water partition coefficient (Wildman–Crippen LogP) is -0.0207. The van der Waals surface area contributed by atoms with Crippen LogP contribution in [0.1, 0.15) is 20.8 Å². The topological polar surface area (TPSA) is 102 Å². The molecule has 0 saturated carbocycles. The summed E-state index contributed by atoms with van der Waals surface area (Å²) in [5.41, 5.74) is -0.655. The molecule has 0 unspecified atom stereocenters. The number of ether oxygens (including phenoxy) is 2. The number of nitrogens with zero attached hydrogens (tertiary/aromatic N) is 1. The monoisotopic (exact) mass is 298 g/mol. The van der Waals surface area contributed by atoms with Crippen molar-refractivity contribution in [3.05, 3.63) is 12.2 Å². The van der Waals surface area contributed by atoms with Gasteiger partial charge < -0.3 is 14.8 Å². The summed E-state index contributed by atoms with van der Waals surface area (Å²) in [6, 6.07) is 0. The van der Waals surface area contributed by atoms with Crippen LogP contribution in [0.2, 0.25) is 0 Å². The molecular weight excluding hydrogens is 280 g/mol. The standard InChI is InChI=1S/C13H18N2O6/c1-13(2,3)21-12(19)14-8-11(18)20-7-6-15-9(16)4-5-10(15)17/h4-5H,6-8H2,1-3H3,(H,14,19). The van der Waals surface area contributed by atoms with E-state index in [4.69, 9.17) is 9.47 Å². The van der Waals surface area contributed by atoms with Crippen molar-refractivity contribution in [2.24, 2.45) is 0 Å². The first-order valence-corrected chi connectivity index (χ1v) is 6.35. The van der Waals surface area contributed by atoms with Crippen LogP contribution in [0.4, 0.5) is 4.79 Å². The number of amides is 3. The number of carbonyl (C=O) groups is 4. The van der Waals surface area contributed by atoms with Crippen molar-refractivity contribution in [3.8, 4) is 0 Å². The van der Waals surface area contributed by atoms with Crippen LogP contribution < -0.4 is 5.32 Å². The maximum atomic E-state index is 11.4. The van der Waals surface area contributed by atoms with E-state index in [0.29, 0.717) is 0 Å². The van der Waals surface area contributed by atoms with E-state index >= 15 is 0 Å². The zero-order valence-electron chi connectivity index (χ0n) is 12.2. The zero-order chi connectivity index (χ0) is 16.0. The van der Waals surface area contributed by atoms with Crippen LogP contribution in [0, 0.1) is 0 Å². The Balaban J connectivity index is 2.19. The molecular formula is C13H18N2O6. The SMILES string of the molecule is CC(C)(C)OC(=O)NCC(=O)OCCN1C(=O)C=CC1=O. The number of esters is 1. The molecule has 1 aliphatic rings. The molecule has 8 nitrogen and oxygen atoms in total. The normalized spacial score (nSPS) is 14.3. The van der Waals surface area contributed by atoms with Crippen molar-refractivity contribution >= 4 is 23.9 Å². The fourth-order valence-electron chi connectivity index (χ4n) is 1.41. The van der Waals surface area contributed by atoms with Gasteiger partial charge in [0.2, 0.25) is 0 Å². The lowest BCUT2D eigenvalue weighted by Crippen LogP contribution is -2.37. The highest BCUT2D eigenvalue weighted by molar-refractivity contribution is 6.12. The Morgan fingerprint density at radius 1 is 1.19 bits per heavy atom. The number of nitrogens with one attached hydrogen (secondary N) is 1. The minimum atomic E-state index is -0.728. The van der Waals surface area contributed by atoms with Crippen molar-refractivity contribution in [1.82, 2.24) is 10.2 Å². The lowest BCUT2D eigenvalue weighted by Gasteiger charge is -2.19. The van der Waals surface area contributed by atoms with Gasteiger partial charge in [-0.2, -0.15) is 0 Å². The Bertz CT molecular complexity index is 460. The van der Waals surface area contributed by atoms with Gasteiger partial charge in [0.25, 0.3) is 11.8 Å². The summed E-state index contributed by atoms with van der Waals surface area (Å²) >= 11 is 0. The lowest BCUT2D eigenvalue weighted by molar-refractivity contribution is -0.146. The van der Waals surface area contributed by atoms with Crippen LogP contribution in [-0.4, -0.2) is 54.1 Å². The molecule has 0 radical (unpaired) electrons. The highest BCUT2D eigenvalue weighted by Gasteiger charge is 2.23. The molecule has 21 heavy (non-hydrogen) atoms. The van der Waals surface area contributed by atoms with Crippen molar-refractivity contribution in [2.45, 2.75) is 26.4 Å². The van der Waals surface area contributed by atoms with Gasteiger partial charge in [0.15, 0.2) is 0 Å². The third-order valence-electron chi connectivity index (χ3n) is 2.25. The van der Waals surface area contributed by atoms with Crippen molar-refractivity contribution in [2.75, 3.05) is 19.7 Å². The summed E-state index contributed by atoms with van der Waals surface area (Å²) < 4.78 is 9.74. The van der Waals surface area contributed by atoms with Crippen LogP contribution in [0.3, 0.4) is 0 Å². The Kier molecular flexibility index (Phi) is 5.45. The van der Waals surface area contributed by atoms with Crippen molar-refractivity contribution < 1.29 is 28.7 Å². The zero-order valence-corrected chi connectivity index (χ0v) is 12.2. The number of alkyl carbamates (subject to hydrolysis) is 1. The van der Waals surface area contributed by atoms with E-state index in [2.05, 4.69) is 5.32 Å². The van der Waals surface area contributed by atoms with Gasteiger partial charge in [-0.1, -0.05) is 0 Å². The van der Waals surface area contributed by atoms with Crippen molar-refractivity contribution in [3.63, 3.8) is 0 Å². The maximum Gasteiger partial charge on any atom is 0.408 e. The molecule has 0 aromatic heterocycles. The quantitative estimate of drug-likeness (QED) is 0.565. The molecule has 1 rings (SSSR count). The molecule has 0 bridgehead atoms. The second-order valence-electron chi connectivity index (χ2n) is 5.24. The van der Waals surface area contributed by atoms with E-state index in [1.54, 1.807) is 20.8 Å². The average molecular weight is 298 g/mol. The number of rotatable bonds is 5. The van der Waals surface area contributed by atoms with Crippen LogP contribution in [0.25, 0.3) is 0 Å². The molecule has 8 heteroatoms. The van der Waals surface area contributed by atoms with Gasteiger partial charge in [-0.3, -0.25) is 19.3 Å². The van der Waals surface area contributed by atoms with E-state index in [1.165, 1.54) is 0 Å². The fourth-order valence-corrected chi connectivity index (χ4v) is 1.41. The van der Waals surface area contributed by atoms with Gasteiger partial charge in [-0.25, -0.2) is 4.79 Å². The summed E-state index contributed by atoms with van der Waals surface area (Å²) in [7, 11) is 0. The summed E-state index contributed by atoms with van der Waals surface area (Å²) in [6.07, 6.45) is 1.57. The summed E-state index contributed by atoms with van der Waals surface area (Å²) in [6.45, 7) is 4.58. The van der Waals surface area contributed by atoms with Crippen LogP contribution in [0.5, 0.6) is 0 Å². The van der Waals surface area contributed by atoms with Crippen molar-refractivity contribution in [1.29, 1.82) is 0 Å². The molecule has 0 spiro atoms. The average Bonchev–Trinajstić information content (AvgIpc) is 2.66. The number of carbonyl (C=O) groups excluding carboxylic acids is 4. The first kappa shape index (κ1) is 16.7. The van der Waals surface area contributed by atoms with Gasteiger partial charge in [-0.15, -0.1) is 0 Å². The Hall–Kier alpha value is -2.38. The fraction of sp³-hybridized carbons (Fsp3) is 0.538. The van der Waals surface area contributed by atoms with Gasteiger partial charge in [0, 0.05) is 12.2 Å². The summed E-state index contributed by atoms with van der Waals surface area (Å²) in [5, 5.41) is 2.24. The minimum Gasteiger partial charge on any atom is -0.462 e. The van der Waals surface area contributed by atoms with Gasteiger partial charge in [0.05, 0.1) is 6.54 Å². The summed E-state index contributed by atoms with van der Waals surface area (Å²) in [5.74, 6) is -1.57. The lowest BCUT2D eigenvalue weighted by atomic mass is 10.2. The first-order chi connectivity index (χ1) is 9.69. The van der Waals surface area contributed by atoms with Gasteiger partial charge in [0.1, 0.15) is 18.8 Å². The smallest absolute Gasteiger partial charge is 0.408 e. The molecule has 1 heterocycles. The van der Waals surface area contributed by atoms with Crippen LogP contribution in [-0.2, 0) is 23.9 Å². The molecule has 1 N–H and O–H groups in total. The third-order valence-corrected chi connectivity index (χ3v) is 2.25. The molecule has 0 fully saturated rings. The second-order valence-corrected chi connectivity index (χ2v) is 5.24. The second kappa shape index (κ2) is 6.87. The van der Waals surface area contributed by atoms with Gasteiger partial charge in [-0.05, 0) is 20.8 Å². The van der Waals surface area contributed by atoms with E-state index < -0.39 is 29.5 Å². The van der Waals surface area contributed by atoms with Gasteiger partial charge >= 0.3 is 12.1 Å². The largest absolute Gasteiger partial charge is 0.462 e. The Labute approximate surface area is 122 Å². The Morgan fingerprint density at radius 3 is 2.29 bits per heavy atom. The number of imide groups is 1. The Morgan fingerprint density at radius 2 is 1.76 bits per heavy atom. The highest BCUT2D eigenvalue weighted by atomic mass is 16.6. The molecule has 0 aliphatic carbocycles. The summed E-state index contributed by atoms with van der Waals surface area (Å²) in [4.78, 5) is 46.0. The molecule has 3 amide bonds. The minimum absolute atomic E-state index is 0.0250. The predicted molar refractivity (Wildman–Crippen MR) is 71.1 cm³/mol. The van der Waals surface area contributed by atoms with E-state index in [-0.39, 0.29) is 19.7 Å². The van der Waals surface area contributed by atoms with E-state index in [0.717, 1.165) is 17.1 Å². The highest BCUT2D eigenvalue weighted by Crippen LogP contribution is 2.06. The van der Waals surface area contributed by atoms with E-state index in [9.17, 15) is 19.2 Å². The molecule has 0 atom stereocenters. The number of hydrogen-bond acceptors (Lipinski definition) is 6. The van der Waals surface area contributed by atoms with E-state index in [1.807, 2.05) is 0 Å². The van der Waals surface area contributed by atoms with Crippen LogP contribution in [0.15, 0.2) is 12.2 Å². The molecule has 0 aromatic rings. The third kappa shape index (κ3) is 6.07. The maximum absolute atomic E-state index is 11.4. The van der Waals surface area contributed by atoms with Crippen LogP contribution >= 0.6 is 0 Å². The number of hydrogen-bond donors (Lipinski definition) is 1. The molecule has 1 aliphatic heterocycles.